The second-order valence-electron chi connectivity index (χ2n) is 7.63. The number of ether oxygens (including phenoxy) is 2. The van der Waals surface area contributed by atoms with Crippen LogP contribution in [0, 0.1) is 22.7 Å². The first-order valence-electron chi connectivity index (χ1n) is 7.97. The van der Waals surface area contributed by atoms with Crippen LogP contribution < -0.4 is 0 Å². The smallest absolute Gasteiger partial charge is 0.313 e. The summed E-state index contributed by atoms with van der Waals surface area (Å²) in [6.07, 6.45) is 4.72. The third-order valence-electron chi connectivity index (χ3n) is 5.87. The van der Waals surface area contributed by atoms with E-state index >= 15 is 0 Å². The van der Waals surface area contributed by atoms with Crippen molar-refractivity contribution in [2.24, 2.45) is 22.7 Å². The van der Waals surface area contributed by atoms with Crippen LogP contribution in [0.25, 0.3) is 0 Å². The number of fused-ring (bicyclic) bond motifs is 1. The summed E-state index contributed by atoms with van der Waals surface area (Å²) in [4.78, 5) is 23.8. The van der Waals surface area contributed by atoms with Gasteiger partial charge in [-0.1, -0.05) is 27.2 Å². The van der Waals surface area contributed by atoms with Crippen molar-refractivity contribution in [1.82, 2.24) is 0 Å². The van der Waals surface area contributed by atoms with Gasteiger partial charge in [-0.05, 0) is 42.4 Å². The van der Waals surface area contributed by atoms with Crippen molar-refractivity contribution in [1.29, 1.82) is 0 Å². The molecular weight excluding hydrogens is 268 g/mol. The highest BCUT2D eigenvalue weighted by atomic mass is 16.6. The molecule has 0 spiro atoms. The Hall–Kier alpha value is -1.06. The van der Waals surface area contributed by atoms with Gasteiger partial charge in [-0.25, -0.2) is 0 Å². The molecule has 0 saturated heterocycles. The van der Waals surface area contributed by atoms with Gasteiger partial charge in [0.25, 0.3) is 0 Å². The fourth-order valence-corrected chi connectivity index (χ4v) is 5.07. The van der Waals surface area contributed by atoms with Gasteiger partial charge in [0.05, 0.1) is 13.0 Å². The summed E-state index contributed by atoms with van der Waals surface area (Å²) in [6.45, 7) is 8.20. The van der Waals surface area contributed by atoms with Crippen LogP contribution in [-0.4, -0.2) is 25.2 Å². The second kappa shape index (κ2) is 5.62. The monoisotopic (exact) mass is 296 g/mol. The van der Waals surface area contributed by atoms with E-state index in [9.17, 15) is 9.59 Å². The molecule has 0 heterocycles. The number of esters is 2. The molecule has 4 atom stereocenters. The third kappa shape index (κ3) is 2.82. The van der Waals surface area contributed by atoms with Crippen LogP contribution in [0.2, 0.25) is 0 Å². The van der Waals surface area contributed by atoms with Gasteiger partial charge in [-0.3, -0.25) is 9.59 Å². The predicted octanol–water partition coefficient (Wildman–Crippen LogP) is 3.33. The summed E-state index contributed by atoms with van der Waals surface area (Å²) in [5.41, 5.74) is 0.0771. The minimum Gasteiger partial charge on any atom is -0.469 e. The molecule has 0 aromatic carbocycles. The van der Waals surface area contributed by atoms with Gasteiger partial charge in [-0.15, -0.1) is 0 Å². The first-order valence-corrected chi connectivity index (χ1v) is 7.97. The van der Waals surface area contributed by atoms with Crippen molar-refractivity contribution in [2.75, 3.05) is 7.11 Å². The average Bonchev–Trinajstić information content (AvgIpc) is 2.35. The van der Waals surface area contributed by atoms with E-state index in [1.165, 1.54) is 20.5 Å². The van der Waals surface area contributed by atoms with Crippen LogP contribution in [0.15, 0.2) is 0 Å². The Labute approximate surface area is 127 Å². The Bertz CT molecular complexity index is 429. The lowest BCUT2D eigenvalue weighted by molar-refractivity contribution is -0.186. The van der Waals surface area contributed by atoms with Crippen molar-refractivity contribution < 1.29 is 19.1 Å². The van der Waals surface area contributed by atoms with Crippen molar-refractivity contribution >= 4 is 11.9 Å². The molecule has 0 aromatic rings. The van der Waals surface area contributed by atoms with Gasteiger partial charge in [0, 0.05) is 6.92 Å². The molecule has 2 aliphatic rings. The van der Waals surface area contributed by atoms with E-state index in [4.69, 9.17) is 9.47 Å². The Kier molecular flexibility index (Phi) is 4.36. The number of hydrogen-bond donors (Lipinski definition) is 0. The fraction of sp³-hybridized carbons (Fsp3) is 0.882. The number of methoxy groups -OCH3 is 1. The molecule has 4 nitrogen and oxygen atoms in total. The van der Waals surface area contributed by atoms with E-state index in [-0.39, 0.29) is 34.8 Å². The van der Waals surface area contributed by atoms with E-state index in [1.54, 1.807) is 0 Å². The van der Waals surface area contributed by atoms with Crippen LogP contribution in [0.3, 0.4) is 0 Å². The Morgan fingerprint density at radius 2 is 1.76 bits per heavy atom. The molecule has 120 valence electrons. The van der Waals surface area contributed by atoms with Crippen LogP contribution in [0.1, 0.15) is 59.8 Å². The third-order valence-corrected chi connectivity index (χ3v) is 5.87. The molecule has 2 fully saturated rings. The summed E-state index contributed by atoms with van der Waals surface area (Å²) < 4.78 is 10.5. The SMILES string of the molecule is COC(=O)[C@H]1[C@H](OC(C)=O)CCC2C(C)(C)CCC[C@@]21C. The lowest BCUT2D eigenvalue weighted by atomic mass is 9.48. The molecule has 0 N–H and O–H groups in total. The summed E-state index contributed by atoms with van der Waals surface area (Å²) in [6, 6.07) is 0. The Morgan fingerprint density at radius 3 is 2.33 bits per heavy atom. The normalized spacial score (nSPS) is 38.2. The topological polar surface area (TPSA) is 52.6 Å². The maximum atomic E-state index is 12.4. The summed E-state index contributed by atoms with van der Waals surface area (Å²) >= 11 is 0. The van der Waals surface area contributed by atoms with Crippen molar-refractivity contribution in [3.63, 3.8) is 0 Å². The van der Waals surface area contributed by atoms with Crippen molar-refractivity contribution in [3.8, 4) is 0 Å². The fourth-order valence-electron chi connectivity index (χ4n) is 5.07. The number of carbonyl (C=O) groups is 2. The lowest BCUT2D eigenvalue weighted by Crippen LogP contribution is -2.56. The van der Waals surface area contributed by atoms with Crippen molar-refractivity contribution in [2.45, 2.75) is 65.9 Å². The van der Waals surface area contributed by atoms with Gasteiger partial charge in [0.2, 0.25) is 0 Å². The highest BCUT2D eigenvalue weighted by molar-refractivity contribution is 5.75. The quantitative estimate of drug-likeness (QED) is 0.733. The summed E-state index contributed by atoms with van der Waals surface area (Å²) in [5.74, 6) is -0.420. The second-order valence-corrected chi connectivity index (χ2v) is 7.63. The molecular formula is C17H28O4. The standard InChI is InChI=1S/C17H28O4/c1-11(18)21-12-7-8-13-16(2,3)9-6-10-17(13,4)14(12)15(19)20-5/h12-14H,6-10H2,1-5H3/t12-,13?,14-,17+/m1/s1. The molecule has 4 heteroatoms. The molecule has 0 bridgehead atoms. The number of carbonyl (C=O) groups excluding carboxylic acids is 2. The van der Waals surface area contributed by atoms with E-state index in [0.717, 1.165) is 25.7 Å². The van der Waals surface area contributed by atoms with Crippen LogP contribution >= 0.6 is 0 Å². The van der Waals surface area contributed by atoms with E-state index < -0.39 is 0 Å². The predicted molar refractivity (Wildman–Crippen MR) is 79.5 cm³/mol. The first-order chi connectivity index (χ1) is 9.72. The van der Waals surface area contributed by atoms with E-state index in [1.807, 2.05) is 0 Å². The summed E-state index contributed by atoms with van der Waals surface area (Å²) in [7, 11) is 1.42. The lowest BCUT2D eigenvalue weighted by Gasteiger charge is -2.57. The van der Waals surface area contributed by atoms with Crippen molar-refractivity contribution in [3.05, 3.63) is 0 Å². The van der Waals surface area contributed by atoms with Crippen LogP contribution in [0.4, 0.5) is 0 Å². The highest BCUT2D eigenvalue weighted by Crippen LogP contribution is 2.60. The number of hydrogen-bond acceptors (Lipinski definition) is 4. The molecule has 21 heavy (non-hydrogen) atoms. The largest absolute Gasteiger partial charge is 0.469 e. The molecule has 0 aliphatic heterocycles. The molecule has 0 amide bonds. The van der Waals surface area contributed by atoms with Gasteiger partial charge in [0.1, 0.15) is 6.10 Å². The van der Waals surface area contributed by atoms with E-state index in [0.29, 0.717) is 5.92 Å². The average molecular weight is 296 g/mol. The Balaban J connectivity index is 2.37. The van der Waals surface area contributed by atoms with Crippen LogP contribution in [-0.2, 0) is 19.1 Å². The molecule has 2 saturated carbocycles. The Morgan fingerprint density at radius 1 is 1.10 bits per heavy atom. The zero-order valence-corrected chi connectivity index (χ0v) is 13.9. The van der Waals surface area contributed by atoms with Gasteiger partial charge >= 0.3 is 11.9 Å². The zero-order valence-electron chi connectivity index (χ0n) is 13.9. The first kappa shape index (κ1) is 16.3. The molecule has 0 aromatic heterocycles. The van der Waals surface area contributed by atoms with Gasteiger partial charge in [-0.2, -0.15) is 0 Å². The van der Waals surface area contributed by atoms with E-state index in [2.05, 4.69) is 20.8 Å². The maximum absolute atomic E-state index is 12.4. The van der Waals surface area contributed by atoms with Gasteiger partial charge in [0.15, 0.2) is 0 Å². The maximum Gasteiger partial charge on any atom is 0.313 e. The minimum absolute atomic E-state index is 0.146. The molecule has 1 unspecified atom stereocenters. The molecule has 2 aliphatic carbocycles. The molecule has 0 radical (unpaired) electrons. The minimum atomic E-state index is -0.343. The summed E-state index contributed by atoms with van der Waals surface area (Å²) in [5, 5.41) is 0. The highest BCUT2D eigenvalue weighted by Gasteiger charge is 2.58. The zero-order chi connectivity index (χ0) is 15.8. The van der Waals surface area contributed by atoms with Gasteiger partial charge < -0.3 is 9.47 Å². The number of rotatable bonds is 2. The van der Waals surface area contributed by atoms with Crippen LogP contribution in [0.5, 0.6) is 0 Å². The molecule has 2 rings (SSSR count).